The molecule has 130 valence electrons. The van der Waals surface area contributed by atoms with Crippen LogP contribution in [0.2, 0.25) is 0 Å². The average Bonchev–Trinajstić information content (AvgIpc) is 3.03. The minimum atomic E-state index is -0.150. The third-order valence-corrected chi connectivity index (χ3v) is 5.59. The van der Waals surface area contributed by atoms with Gasteiger partial charge in [0.15, 0.2) is 0 Å². The van der Waals surface area contributed by atoms with Gasteiger partial charge in [-0.3, -0.25) is 0 Å². The predicted molar refractivity (Wildman–Crippen MR) is 105 cm³/mol. The first kappa shape index (κ1) is 15.6. The number of H-pyrrole nitrogens is 1. The summed E-state index contributed by atoms with van der Waals surface area (Å²) in [6.07, 6.45) is 1.89. The van der Waals surface area contributed by atoms with Gasteiger partial charge in [0.05, 0.1) is 6.04 Å². The Labute approximate surface area is 152 Å². The highest BCUT2D eigenvalue weighted by atomic mass is 19.1. The number of benzene rings is 3. The molecule has 1 atom stereocenters. The van der Waals surface area contributed by atoms with Gasteiger partial charge in [0.1, 0.15) is 5.82 Å². The molecular formula is C23H21FN2. The number of nitrogens with one attached hydrogen (secondary N) is 2. The summed E-state index contributed by atoms with van der Waals surface area (Å²) in [6, 6.07) is 18.1. The molecule has 0 spiro atoms. The van der Waals surface area contributed by atoms with E-state index < -0.39 is 0 Å². The second-order valence-corrected chi connectivity index (χ2v) is 7.28. The second-order valence-electron chi connectivity index (χ2n) is 7.28. The van der Waals surface area contributed by atoms with Gasteiger partial charge in [-0.1, -0.05) is 42.0 Å². The fraction of sp³-hybridized carbons (Fsp3) is 0.217. The van der Waals surface area contributed by atoms with Crippen LogP contribution >= 0.6 is 0 Å². The van der Waals surface area contributed by atoms with Crippen molar-refractivity contribution in [3.05, 3.63) is 82.8 Å². The number of aromatic amines is 1. The number of hydrogen-bond donors (Lipinski definition) is 2. The molecule has 3 heteroatoms. The Morgan fingerprint density at radius 2 is 1.85 bits per heavy atom. The topological polar surface area (TPSA) is 27.8 Å². The molecule has 4 aromatic rings. The molecule has 0 bridgehead atoms. The molecular weight excluding hydrogens is 323 g/mol. The Hall–Kier alpha value is -2.65. The van der Waals surface area contributed by atoms with Crippen LogP contribution in [0.1, 0.15) is 28.4 Å². The normalized spacial score (nSPS) is 16.9. The van der Waals surface area contributed by atoms with Crippen LogP contribution in [-0.4, -0.2) is 11.5 Å². The Morgan fingerprint density at radius 3 is 2.73 bits per heavy atom. The van der Waals surface area contributed by atoms with Crippen molar-refractivity contribution in [2.24, 2.45) is 0 Å². The van der Waals surface area contributed by atoms with E-state index in [4.69, 9.17) is 0 Å². The monoisotopic (exact) mass is 344 g/mol. The van der Waals surface area contributed by atoms with E-state index in [1.165, 1.54) is 33.3 Å². The lowest BCUT2D eigenvalue weighted by Gasteiger charge is -2.25. The minimum absolute atomic E-state index is 0.150. The molecule has 5 rings (SSSR count). The molecule has 0 amide bonds. The van der Waals surface area contributed by atoms with E-state index in [0.29, 0.717) is 5.39 Å². The molecule has 2 nitrogen and oxygen atoms in total. The Balaban J connectivity index is 1.60. The van der Waals surface area contributed by atoms with Crippen LogP contribution in [0.3, 0.4) is 0 Å². The van der Waals surface area contributed by atoms with Crippen LogP contribution in [0.5, 0.6) is 0 Å². The molecule has 0 fully saturated rings. The summed E-state index contributed by atoms with van der Waals surface area (Å²) in [4.78, 5) is 3.64. The van der Waals surface area contributed by atoms with Gasteiger partial charge >= 0.3 is 0 Å². The highest BCUT2D eigenvalue weighted by molar-refractivity contribution is 5.87. The summed E-state index contributed by atoms with van der Waals surface area (Å²) in [6.45, 7) is 3.11. The number of fused-ring (bicyclic) bond motifs is 4. The summed E-state index contributed by atoms with van der Waals surface area (Å²) < 4.78 is 14.1. The molecule has 2 N–H and O–H groups in total. The van der Waals surface area contributed by atoms with Crippen molar-refractivity contribution < 1.29 is 4.39 Å². The van der Waals surface area contributed by atoms with Crippen LogP contribution in [0, 0.1) is 12.7 Å². The van der Waals surface area contributed by atoms with Crippen molar-refractivity contribution >= 4 is 21.7 Å². The first-order valence-electron chi connectivity index (χ1n) is 9.21. The quantitative estimate of drug-likeness (QED) is 0.514. The summed E-state index contributed by atoms with van der Waals surface area (Å²) in [7, 11) is 0. The zero-order chi connectivity index (χ0) is 17.7. The molecule has 26 heavy (non-hydrogen) atoms. The summed E-state index contributed by atoms with van der Waals surface area (Å²) in [5.74, 6) is -0.150. The first-order valence-corrected chi connectivity index (χ1v) is 9.21. The number of aryl methyl sites for hydroxylation is 1. The van der Waals surface area contributed by atoms with E-state index >= 15 is 0 Å². The van der Waals surface area contributed by atoms with Crippen molar-refractivity contribution in [2.75, 3.05) is 6.54 Å². The molecule has 0 aliphatic carbocycles. The standard InChI is InChI=1S/C23H21FN2/c1-14-6-9-21-19(12-14)18-10-11-25-22(23(18)26-21)13-15-7-8-20(24)17-5-3-2-4-16(15)17/h2-9,12,22,25-26H,10-11,13H2,1H3. The van der Waals surface area contributed by atoms with Gasteiger partial charge in [0.25, 0.3) is 0 Å². The highest BCUT2D eigenvalue weighted by Gasteiger charge is 2.24. The second kappa shape index (κ2) is 5.96. The largest absolute Gasteiger partial charge is 0.357 e. The zero-order valence-electron chi connectivity index (χ0n) is 14.8. The van der Waals surface area contributed by atoms with Gasteiger partial charge in [0.2, 0.25) is 0 Å². The van der Waals surface area contributed by atoms with E-state index in [0.717, 1.165) is 24.8 Å². The Morgan fingerprint density at radius 1 is 1.00 bits per heavy atom. The maximum absolute atomic E-state index is 14.1. The van der Waals surface area contributed by atoms with Crippen LogP contribution in [0.25, 0.3) is 21.7 Å². The van der Waals surface area contributed by atoms with Gasteiger partial charge in [-0.15, -0.1) is 0 Å². The number of rotatable bonds is 2. The SMILES string of the molecule is Cc1ccc2[nH]c3c(c2c1)CCNC3Cc1ccc(F)c2ccccc12. The van der Waals surface area contributed by atoms with Crippen molar-refractivity contribution in [2.45, 2.75) is 25.8 Å². The maximum Gasteiger partial charge on any atom is 0.131 e. The fourth-order valence-corrected chi connectivity index (χ4v) is 4.32. The van der Waals surface area contributed by atoms with Gasteiger partial charge < -0.3 is 10.3 Å². The van der Waals surface area contributed by atoms with Gasteiger partial charge in [-0.2, -0.15) is 0 Å². The molecule has 1 aliphatic heterocycles. The van der Waals surface area contributed by atoms with Crippen molar-refractivity contribution in [3.63, 3.8) is 0 Å². The van der Waals surface area contributed by atoms with Gasteiger partial charge in [-0.25, -0.2) is 4.39 Å². The van der Waals surface area contributed by atoms with Crippen molar-refractivity contribution in [3.8, 4) is 0 Å². The fourth-order valence-electron chi connectivity index (χ4n) is 4.32. The smallest absolute Gasteiger partial charge is 0.131 e. The lowest BCUT2D eigenvalue weighted by molar-refractivity contribution is 0.496. The summed E-state index contributed by atoms with van der Waals surface area (Å²) >= 11 is 0. The third-order valence-electron chi connectivity index (χ3n) is 5.59. The van der Waals surface area contributed by atoms with E-state index in [1.807, 2.05) is 30.3 Å². The molecule has 1 aromatic heterocycles. The Kier molecular flexibility index (Phi) is 3.57. The molecule has 1 aliphatic rings. The summed E-state index contributed by atoms with van der Waals surface area (Å²) in [5.41, 5.74) is 6.39. The lowest BCUT2D eigenvalue weighted by Crippen LogP contribution is -2.31. The molecule has 0 radical (unpaired) electrons. The summed E-state index contributed by atoms with van der Waals surface area (Å²) in [5, 5.41) is 6.71. The predicted octanol–water partition coefficient (Wildman–Crippen LogP) is 5.20. The molecule has 2 heterocycles. The molecule has 0 saturated carbocycles. The van der Waals surface area contributed by atoms with E-state index in [-0.39, 0.29) is 11.9 Å². The van der Waals surface area contributed by atoms with E-state index in [2.05, 4.69) is 35.4 Å². The first-order chi connectivity index (χ1) is 12.7. The van der Waals surface area contributed by atoms with Crippen molar-refractivity contribution in [1.29, 1.82) is 0 Å². The highest BCUT2D eigenvalue weighted by Crippen LogP contribution is 2.33. The maximum atomic E-state index is 14.1. The molecule has 1 unspecified atom stereocenters. The number of halogens is 1. The number of aromatic nitrogens is 1. The van der Waals surface area contributed by atoms with Gasteiger partial charge in [0, 0.05) is 22.0 Å². The molecule has 3 aromatic carbocycles. The average molecular weight is 344 g/mol. The van der Waals surface area contributed by atoms with E-state index in [9.17, 15) is 4.39 Å². The number of hydrogen-bond acceptors (Lipinski definition) is 1. The molecule has 0 saturated heterocycles. The van der Waals surface area contributed by atoms with Crippen LogP contribution in [0.15, 0.2) is 54.6 Å². The zero-order valence-corrected chi connectivity index (χ0v) is 14.8. The van der Waals surface area contributed by atoms with Gasteiger partial charge in [-0.05, 0) is 61.0 Å². The van der Waals surface area contributed by atoms with Crippen molar-refractivity contribution in [1.82, 2.24) is 10.3 Å². The Bertz CT molecular complexity index is 1130. The van der Waals surface area contributed by atoms with E-state index in [1.54, 1.807) is 6.07 Å². The minimum Gasteiger partial charge on any atom is -0.357 e. The van der Waals surface area contributed by atoms with Crippen LogP contribution in [-0.2, 0) is 12.8 Å². The van der Waals surface area contributed by atoms with Crippen LogP contribution < -0.4 is 5.32 Å². The van der Waals surface area contributed by atoms with Crippen LogP contribution in [0.4, 0.5) is 4.39 Å². The third kappa shape index (κ3) is 2.43. The lowest BCUT2D eigenvalue weighted by atomic mass is 9.92.